The Morgan fingerprint density at radius 3 is 2.47 bits per heavy atom. The van der Waals surface area contributed by atoms with Crippen LogP contribution in [0.3, 0.4) is 0 Å². The van der Waals surface area contributed by atoms with Gasteiger partial charge in [-0.1, -0.05) is 18.2 Å². The molecule has 4 heteroatoms. The average molecular weight is 228 g/mol. The van der Waals surface area contributed by atoms with Crippen molar-refractivity contribution in [1.82, 2.24) is 0 Å². The monoisotopic (exact) mass is 228 g/mol. The molecule has 2 aromatic rings. The molecule has 2 N–H and O–H groups in total. The van der Waals surface area contributed by atoms with Gasteiger partial charge in [-0.3, -0.25) is 0 Å². The SMILES string of the molecule is N#Cc1c(F)cccc1Oc1ccccc1N. The van der Waals surface area contributed by atoms with Crippen molar-refractivity contribution in [2.45, 2.75) is 0 Å². The quantitative estimate of drug-likeness (QED) is 0.803. The van der Waals surface area contributed by atoms with Crippen molar-refractivity contribution < 1.29 is 9.13 Å². The summed E-state index contributed by atoms with van der Waals surface area (Å²) in [4.78, 5) is 0. The predicted octanol–water partition coefficient (Wildman–Crippen LogP) is 3.07. The van der Waals surface area contributed by atoms with Crippen LogP contribution in [0.2, 0.25) is 0 Å². The molecule has 0 heterocycles. The molecular formula is C13H9FN2O. The number of benzene rings is 2. The summed E-state index contributed by atoms with van der Waals surface area (Å²) in [5.74, 6) is -0.0560. The van der Waals surface area contributed by atoms with Crippen molar-refractivity contribution in [2.24, 2.45) is 0 Å². The van der Waals surface area contributed by atoms with Crippen LogP contribution in [0.5, 0.6) is 11.5 Å². The number of nitrogen functional groups attached to an aromatic ring is 1. The van der Waals surface area contributed by atoms with E-state index in [9.17, 15) is 4.39 Å². The normalized spacial score (nSPS) is 9.65. The van der Waals surface area contributed by atoms with Crippen LogP contribution >= 0.6 is 0 Å². The molecule has 2 aromatic carbocycles. The number of rotatable bonds is 2. The number of nitrogens with zero attached hydrogens (tertiary/aromatic N) is 1. The maximum atomic E-state index is 13.3. The Kier molecular flexibility index (Phi) is 2.93. The molecule has 0 aromatic heterocycles. The smallest absolute Gasteiger partial charge is 0.150 e. The van der Waals surface area contributed by atoms with Crippen molar-refractivity contribution in [3.8, 4) is 17.6 Å². The van der Waals surface area contributed by atoms with E-state index in [0.717, 1.165) is 0 Å². The van der Waals surface area contributed by atoms with Crippen molar-refractivity contribution in [2.75, 3.05) is 5.73 Å². The Hall–Kier alpha value is -2.54. The fourth-order valence-corrected chi connectivity index (χ4v) is 1.39. The molecule has 0 amide bonds. The number of ether oxygens (including phenoxy) is 1. The molecule has 0 saturated carbocycles. The van der Waals surface area contributed by atoms with Crippen LogP contribution in [0.25, 0.3) is 0 Å². The van der Waals surface area contributed by atoms with Crippen molar-refractivity contribution in [3.63, 3.8) is 0 Å². The standard InChI is InChI=1S/C13H9FN2O/c14-10-4-3-7-12(9(10)8-15)17-13-6-2-1-5-11(13)16/h1-7H,16H2. The van der Waals surface area contributed by atoms with E-state index in [-0.39, 0.29) is 11.3 Å². The van der Waals surface area contributed by atoms with Gasteiger partial charge in [0.05, 0.1) is 5.69 Å². The zero-order valence-electron chi connectivity index (χ0n) is 8.85. The number of nitriles is 1. The first kappa shape index (κ1) is 11.0. The van der Waals surface area contributed by atoms with Gasteiger partial charge in [-0.05, 0) is 24.3 Å². The maximum Gasteiger partial charge on any atom is 0.150 e. The zero-order chi connectivity index (χ0) is 12.3. The number of hydrogen-bond donors (Lipinski definition) is 1. The van der Waals surface area contributed by atoms with Gasteiger partial charge in [0.2, 0.25) is 0 Å². The second-order valence-corrected chi connectivity index (χ2v) is 3.36. The number of halogens is 1. The maximum absolute atomic E-state index is 13.3. The second kappa shape index (κ2) is 4.54. The molecular weight excluding hydrogens is 219 g/mol. The van der Waals surface area contributed by atoms with E-state index < -0.39 is 5.82 Å². The molecule has 0 aliphatic heterocycles. The van der Waals surface area contributed by atoms with Gasteiger partial charge in [-0.15, -0.1) is 0 Å². The number of para-hydroxylation sites is 2. The molecule has 17 heavy (non-hydrogen) atoms. The Bertz CT molecular complexity index is 590. The lowest BCUT2D eigenvalue weighted by Crippen LogP contribution is -1.94. The summed E-state index contributed by atoms with van der Waals surface area (Å²) >= 11 is 0. The fourth-order valence-electron chi connectivity index (χ4n) is 1.39. The molecule has 0 spiro atoms. The van der Waals surface area contributed by atoms with Crippen LogP contribution in [0, 0.1) is 17.1 Å². The van der Waals surface area contributed by atoms with Crippen molar-refractivity contribution in [1.29, 1.82) is 5.26 Å². The minimum Gasteiger partial charge on any atom is -0.454 e. The lowest BCUT2D eigenvalue weighted by Gasteiger charge is -2.09. The molecule has 0 unspecified atom stereocenters. The fraction of sp³-hybridized carbons (Fsp3) is 0. The van der Waals surface area contributed by atoms with Gasteiger partial charge in [-0.2, -0.15) is 5.26 Å². The van der Waals surface area contributed by atoms with Crippen LogP contribution in [0.1, 0.15) is 5.56 Å². The summed E-state index contributed by atoms with van der Waals surface area (Å²) in [6, 6.07) is 12.8. The zero-order valence-corrected chi connectivity index (χ0v) is 8.85. The highest BCUT2D eigenvalue weighted by Gasteiger charge is 2.10. The van der Waals surface area contributed by atoms with E-state index in [2.05, 4.69) is 0 Å². The van der Waals surface area contributed by atoms with Crippen LogP contribution in [0.15, 0.2) is 42.5 Å². The van der Waals surface area contributed by atoms with Gasteiger partial charge >= 0.3 is 0 Å². The van der Waals surface area contributed by atoms with Gasteiger partial charge in [0.15, 0.2) is 0 Å². The highest BCUT2D eigenvalue weighted by atomic mass is 19.1. The summed E-state index contributed by atoms with van der Waals surface area (Å²) in [6.07, 6.45) is 0. The third-order valence-corrected chi connectivity index (χ3v) is 2.23. The molecule has 3 nitrogen and oxygen atoms in total. The van der Waals surface area contributed by atoms with E-state index in [0.29, 0.717) is 11.4 Å². The van der Waals surface area contributed by atoms with Crippen molar-refractivity contribution in [3.05, 3.63) is 53.8 Å². The van der Waals surface area contributed by atoms with E-state index >= 15 is 0 Å². The highest BCUT2D eigenvalue weighted by molar-refractivity contribution is 5.55. The molecule has 0 saturated heterocycles. The number of nitrogens with two attached hydrogens (primary N) is 1. The Morgan fingerprint density at radius 1 is 1.06 bits per heavy atom. The molecule has 2 rings (SSSR count). The van der Waals surface area contributed by atoms with E-state index in [1.54, 1.807) is 30.3 Å². The van der Waals surface area contributed by atoms with Gasteiger partial charge in [-0.25, -0.2) is 4.39 Å². The number of hydrogen-bond acceptors (Lipinski definition) is 3. The summed E-state index contributed by atoms with van der Waals surface area (Å²) in [5.41, 5.74) is 6.00. The van der Waals surface area contributed by atoms with Crippen LogP contribution in [0.4, 0.5) is 10.1 Å². The molecule has 0 aliphatic rings. The lowest BCUT2D eigenvalue weighted by molar-refractivity contribution is 0.476. The largest absolute Gasteiger partial charge is 0.454 e. The predicted molar refractivity (Wildman–Crippen MR) is 62.0 cm³/mol. The topological polar surface area (TPSA) is 59.0 Å². The minimum absolute atomic E-state index is 0.129. The Morgan fingerprint density at radius 2 is 1.76 bits per heavy atom. The highest BCUT2D eigenvalue weighted by Crippen LogP contribution is 2.30. The molecule has 84 valence electrons. The Balaban J connectivity index is 2.41. The van der Waals surface area contributed by atoms with E-state index in [1.807, 2.05) is 0 Å². The molecule has 0 aliphatic carbocycles. The third kappa shape index (κ3) is 2.18. The summed E-state index contributed by atoms with van der Waals surface area (Å²) in [5, 5.41) is 8.85. The second-order valence-electron chi connectivity index (χ2n) is 3.36. The van der Waals surface area contributed by atoms with Gasteiger partial charge < -0.3 is 10.5 Å². The van der Waals surface area contributed by atoms with Crippen molar-refractivity contribution >= 4 is 5.69 Å². The molecule has 0 atom stereocenters. The van der Waals surface area contributed by atoms with Crippen LogP contribution in [-0.4, -0.2) is 0 Å². The first-order chi connectivity index (χ1) is 8.22. The van der Waals surface area contributed by atoms with Crippen LogP contribution < -0.4 is 10.5 Å². The van der Waals surface area contributed by atoms with E-state index in [4.69, 9.17) is 15.7 Å². The average Bonchev–Trinajstić information content (AvgIpc) is 2.32. The van der Waals surface area contributed by atoms with Gasteiger partial charge in [0, 0.05) is 0 Å². The molecule has 0 radical (unpaired) electrons. The molecule has 0 bridgehead atoms. The summed E-state index contributed by atoms with van der Waals surface area (Å²) < 4.78 is 18.7. The number of anilines is 1. The van der Waals surface area contributed by atoms with E-state index in [1.165, 1.54) is 18.2 Å². The lowest BCUT2D eigenvalue weighted by atomic mass is 10.2. The van der Waals surface area contributed by atoms with Crippen LogP contribution in [-0.2, 0) is 0 Å². The van der Waals surface area contributed by atoms with Gasteiger partial charge in [0.25, 0.3) is 0 Å². The Labute approximate surface area is 97.9 Å². The summed E-state index contributed by atoms with van der Waals surface area (Å²) in [7, 11) is 0. The van der Waals surface area contributed by atoms with Gasteiger partial charge in [0.1, 0.15) is 28.9 Å². The first-order valence-electron chi connectivity index (χ1n) is 4.93. The third-order valence-electron chi connectivity index (χ3n) is 2.23. The first-order valence-corrected chi connectivity index (χ1v) is 4.93. The summed E-state index contributed by atoms with van der Waals surface area (Å²) in [6.45, 7) is 0. The minimum atomic E-state index is -0.612. The molecule has 0 fully saturated rings.